The number of nitrogens with zero attached hydrogens (tertiary/aromatic N) is 3. The monoisotopic (exact) mass is 402 g/mol. The quantitative estimate of drug-likeness (QED) is 0.663. The molecule has 1 aliphatic heterocycles. The van der Waals surface area contributed by atoms with Crippen LogP contribution in [0.4, 0.5) is 5.82 Å². The molecule has 1 saturated heterocycles. The molecule has 3 rings (SSSR count). The number of anilines is 1. The van der Waals surface area contributed by atoms with Crippen LogP contribution < -0.4 is 24.4 Å². The second-order valence-corrected chi connectivity index (χ2v) is 6.38. The van der Waals surface area contributed by atoms with Gasteiger partial charge in [-0.05, 0) is 25.1 Å². The smallest absolute Gasteiger partial charge is 0.255 e. The summed E-state index contributed by atoms with van der Waals surface area (Å²) in [5, 5.41) is 2.82. The Morgan fingerprint density at radius 1 is 1.17 bits per heavy atom. The predicted molar refractivity (Wildman–Crippen MR) is 107 cm³/mol. The van der Waals surface area contributed by atoms with Crippen LogP contribution in [0.2, 0.25) is 0 Å². The van der Waals surface area contributed by atoms with Crippen molar-refractivity contribution in [2.75, 3.05) is 58.6 Å². The van der Waals surface area contributed by atoms with E-state index in [9.17, 15) is 4.79 Å². The van der Waals surface area contributed by atoms with Crippen LogP contribution in [0.25, 0.3) is 0 Å². The molecule has 0 atom stereocenters. The van der Waals surface area contributed by atoms with Gasteiger partial charge in [-0.3, -0.25) is 4.79 Å². The van der Waals surface area contributed by atoms with Gasteiger partial charge in [-0.1, -0.05) is 0 Å². The van der Waals surface area contributed by atoms with Gasteiger partial charge in [0.2, 0.25) is 5.88 Å². The first-order valence-corrected chi connectivity index (χ1v) is 9.42. The standard InChI is InChI=1S/C20H26N4O5/c1-14-22-18(24-7-10-28-11-8-24)13-19(23-14)29-9-6-21-20(25)16-12-15(26-2)4-5-17(16)27-3/h4-5,12-13H,6-11H2,1-3H3,(H,21,25). The molecule has 0 saturated carbocycles. The molecule has 0 aliphatic carbocycles. The summed E-state index contributed by atoms with van der Waals surface area (Å²) in [5.41, 5.74) is 0.402. The summed E-state index contributed by atoms with van der Waals surface area (Å²) in [5.74, 6) is 2.73. The van der Waals surface area contributed by atoms with Crippen LogP contribution in [0.3, 0.4) is 0 Å². The Morgan fingerprint density at radius 3 is 2.69 bits per heavy atom. The molecule has 2 heterocycles. The van der Waals surface area contributed by atoms with Gasteiger partial charge in [-0.2, -0.15) is 4.98 Å². The van der Waals surface area contributed by atoms with Crippen molar-refractivity contribution < 1.29 is 23.7 Å². The number of hydrogen-bond acceptors (Lipinski definition) is 8. The molecule has 1 aromatic heterocycles. The number of rotatable bonds is 8. The normalized spacial score (nSPS) is 13.7. The predicted octanol–water partition coefficient (Wildman–Crippen LogP) is 1.45. The highest BCUT2D eigenvalue weighted by Gasteiger charge is 2.15. The van der Waals surface area contributed by atoms with E-state index in [2.05, 4.69) is 20.2 Å². The summed E-state index contributed by atoms with van der Waals surface area (Å²) < 4.78 is 21.5. The third kappa shape index (κ3) is 5.47. The molecule has 9 heteroatoms. The first-order chi connectivity index (χ1) is 14.1. The minimum Gasteiger partial charge on any atom is -0.497 e. The Bertz CT molecular complexity index is 840. The molecule has 0 unspecified atom stereocenters. The second-order valence-electron chi connectivity index (χ2n) is 6.38. The maximum absolute atomic E-state index is 12.5. The van der Waals surface area contributed by atoms with Gasteiger partial charge in [0.05, 0.1) is 39.5 Å². The van der Waals surface area contributed by atoms with E-state index in [0.717, 1.165) is 18.9 Å². The average Bonchev–Trinajstić information content (AvgIpc) is 2.76. The van der Waals surface area contributed by atoms with Crippen LogP contribution in [0.1, 0.15) is 16.2 Å². The van der Waals surface area contributed by atoms with E-state index in [1.54, 1.807) is 25.3 Å². The molecule has 1 aromatic carbocycles. The van der Waals surface area contributed by atoms with Crippen LogP contribution in [-0.2, 0) is 4.74 Å². The molecule has 1 aliphatic rings. The molecule has 29 heavy (non-hydrogen) atoms. The van der Waals surface area contributed by atoms with Gasteiger partial charge in [0.25, 0.3) is 5.91 Å². The Morgan fingerprint density at radius 2 is 1.97 bits per heavy atom. The van der Waals surface area contributed by atoms with E-state index < -0.39 is 0 Å². The largest absolute Gasteiger partial charge is 0.497 e. The van der Waals surface area contributed by atoms with Crippen LogP contribution in [0.5, 0.6) is 17.4 Å². The van der Waals surface area contributed by atoms with Gasteiger partial charge < -0.3 is 29.2 Å². The van der Waals surface area contributed by atoms with Crippen LogP contribution in [-0.4, -0.2) is 69.5 Å². The fourth-order valence-corrected chi connectivity index (χ4v) is 2.96. The minimum absolute atomic E-state index is 0.266. The van der Waals surface area contributed by atoms with E-state index in [-0.39, 0.29) is 12.5 Å². The summed E-state index contributed by atoms with van der Waals surface area (Å²) in [6, 6.07) is 6.88. The van der Waals surface area contributed by atoms with Gasteiger partial charge in [0.15, 0.2) is 0 Å². The van der Waals surface area contributed by atoms with Crippen molar-refractivity contribution in [2.24, 2.45) is 0 Å². The number of methoxy groups -OCH3 is 2. The number of carbonyl (C=O) groups is 1. The number of nitrogens with one attached hydrogen (secondary N) is 1. The third-order valence-corrected chi connectivity index (χ3v) is 4.42. The van der Waals surface area contributed by atoms with E-state index in [0.29, 0.717) is 48.5 Å². The molecule has 0 bridgehead atoms. The highest BCUT2D eigenvalue weighted by molar-refractivity contribution is 5.97. The minimum atomic E-state index is -0.266. The van der Waals surface area contributed by atoms with Crippen LogP contribution >= 0.6 is 0 Å². The summed E-state index contributed by atoms with van der Waals surface area (Å²) in [6.07, 6.45) is 0. The molecule has 156 valence electrons. The highest BCUT2D eigenvalue weighted by atomic mass is 16.5. The van der Waals surface area contributed by atoms with Crippen molar-refractivity contribution in [1.29, 1.82) is 0 Å². The Balaban J connectivity index is 1.55. The number of aromatic nitrogens is 2. The zero-order chi connectivity index (χ0) is 20.6. The maximum Gasteiger partial charge on any atom is 0.255 e. The SMILES string of the molecule is COc1ccc(OC)c(C(=O)NCCOc2cc(N3CCOCC3)nc(C)n2)c1. The first-order valence-electron chi connectivity index (χ1n) is 9.42. The Labute approximate surface area is 169 Å². The molecule has 1 amide bonds. The molecule has 9 nitrogen and oxygen atoms in total. The molecule has 1 fully saturated rings. The first kappa shape index (κ1) is 20.7. The summed E-state index contributed by atoms with van der Waals surface area (Å²) in [4.78, 5) is 23.4. The van der Waals surface area contributed by atoms with Gasteiger partial charge >= 0.3 is 0 Å². The van der Waals surface area contributed by atoms with Crippen LogP contribution in [0.15, 0.2) is 24.3 Å². The molecular weight excluding hydrogens is 376 g/mol. The average molecular weight is 402 g/mol. The van der Waals surface area contributed by atoms with E-state index in [1.165, 1.54) is 7.11 Å². The topological polar surface area (TPSA) is 95.0 Å². The number of morpholine rings is 1. The molecular formula is C20H26N4O5. The lowest BCUT2D eigenvalue weighted by Gasteiger charge is -2.28. The lowest BCUT2D eigenvalue weighted by atomic mass is 10.1. The van der Waals surface area contributed by atoms with Gasteiger partial charge in [-0.25, -0.2) is 4.98 Å². The number of carbonyl (C=O) groups excluding carboxylic acids is 1. The fraction of sp³-hybridized carbons (Fsp3) is 0.450. The zero-order valence-corrected chi connectivity index (χ0v) is 16.9. The van der Waals surface area contributed by atoms with Crippen molar-refractivity contribution in [1.82, 2.24) is 15.3 Å². The van der Waals surface area contributed by atoms with Gasteiger partial charge in [0, 0.05) is 19.2 Å². The molecule has 2 aromatic rings. The van der Waals surface area contributed by atoms with Crippen LogP contribution in [0, 0.1) is 6.92 Å². The van der Waals surface area contributed by atoms with E-state index in [1.807, 2.05) is 13.0 Å². The summed E-state index contributed by atoms with van der Waals surface area (Å²) in [6.45, 7) is 5.35. The summed E-state index contributed by atoms with van der Waals surface area (Å²) in [7, 11) is 3.07. The second kappa shape index (κ2) is 9.92. The lowest BCUT2D eigenvalue weighted by molar-refractivity contribution is 0.0943. The number of benzene rings is 1. The van der Waals surface area contributed by atoms with Gasteiger partial charge in [-0.15, -0.1) is 0 Å². The van der Waals surface area contributed by atoms with Crippen molar-refractivity contribution in [3.63, 3.8) is 0 Å². The fourth-order valence-electron chi connectivity index (χ4n) is 2.96. The number of hydrogen-bond donors (Lipinski definition) is 1. The number of aryl methyl sites for hydroxylation is 1. The van der Waals surface area contributed by atoms with E-state index in [4.69, 9.17) is 18.9 Å². The lowest BCUT2D eigenvalue weighted by Crippen LogP contribution is -2.37. The Hall–Kier alpha value is -3.07. The van der Waals surface area contributed by atoms with E-state index >= 15 is 0 Å². The van der Waals surface area contributed by atoms with Crippen molar-refractivity contribution in [3.05, 3.63) is 35.7 Å². The third-order valence-electron chi connectivity index (χ3n) is 4.42. The number of ether oxygens (including phenoxy) is 4. The van der Waals surface area contributed by atoms with Crippen molar-refractivity contribution >= 4 is 11.7 Å². The molecule has 0 radical (unpaired) electrons. The van der Waals surface area contributed by atoms with Gasteiger partial charge in [0.1, 0.15) is 29.7 Å². The number of amides is 1. The zero-order valence-electron chi connectivity index (χ0n) is 16.9. The van der Waals surface area contributed by atoms with Crippen molar-refractivity contribution in [2.45, 2.75) is 6.92 Å². The van der Waals surface area contributed by atoms with Crippen molar-refractivity contribution in [3.8, 4) is 17.4 Å². The Kier molecular flexibility index (Phi) is 7.07. The highest BCUT2D eigenvalue weighted by Crippen LogP contribution is 2.23. The molecule has 1 N–H and O–H groups in total. The summed E-state index contributed by atoms with van der Waals surface area (Å²) >= 11 is 0. The molecule has 0 spiro atoms. The maximum atomic E-state index is 12.5.